The van der Waals surface area contributed by atoms with Crippen LogP contribution in [0.5, 0.6) is 0 Å². The number of ketones is 1. The van der Waals surface area contributed by atoms with E-state index in [9.17, 15) is 9.59 Å². The monoisotopic (exact) mass is 381 g/mol. The van der Waals surface area contributed by atoms with Gasteiger partial charge in [0.05, 0.1) is 14.7 Å². The first-order valence-electron chi connectivity index (χ1n) is 5.46. The average Bonchev–Trinajstić information content (AvgIpc) is 2.36. The van der Waals surface area contributed by atoms with Crippen LogP contribution in [0.15, 0.2) is 50.4 Å². The summed E-state index contributed by atoms with van der Waals surface area (Å²) in [6.45, 7) is 1.91. The molecule has 0 N–H and O–H groups in total. The van der Waals surface area contributed by atoms with Gasteiger partial charge in [-0.05, 0) is 63.1 Å². The van der Waals surface area contributed by atoms with Crippen LogP contribution in [0, 0.1) is 6.92 Å². The van der Waals surface area contributed by atoms with Crippen molar-refractivity contribution < 1.29 is 9.59 Å². The lowest BCUT2D eigenvalue weighted by atomic mass is 10.1. The summed E-state index contributed by atoms with van der Waals surface area (Å²) in [6.07, 6.45) is 3.06. The quantitative estimate of drug-likeness (QED) is 0.695. The van der Waals surface area contributed by atoms with Crippen molar-refractivity contribution in [2.45, 2.75) is 6.92 Å². The topological polar surface area (TPSA) is 46.5 Å². The SMILES string of the molecule is Cc1cccc(C(=O)N=C2C=C(Br)C(=O)C(Br)=C2)c1. The molecule has 0 radical (unpaired) electrons. The summed E-state index contributed by atoms with van der Waals surface area (Å²) >= 11 is 6.28. The van der Waals surface area contributed by atoms with Gasteiger partial charge in [-0.3, -0.25) is 9.59 Å². The van der Waals surface area contributed by atoms with Crippen molar-refractivity contribution in [3.05, 3.63) is 56.5 Å². The van der Waals surface area contributed by atoms with Gasteiger partial charge in [-0.1, -0.05) is 17.7 Å². The number of aliphatic imine (C=N–C) groups is 1. The Labute approximate surface area is 127 Å². The second kappa shape index (κ2) is 5.75. The molecule has 2 rings (SSSR count). The van der Waals surface area contributed by atoms with Gasteiger partial charge >= 0.3 is 0 Å². The van der Waals surface area contributed by atoms with Gasteiger partial charge in [-0.15, -0.1) is 0 Å². The molecule has 0 fully saturated rings. The highest BCUT2D eigenvalue weighted by molar-refractivity contribution is 9.13. The van der Waals surface area contributed by atoms with Crippen molar-refractivity contribution in [1.82, 2.24) is 0 Å². The van der Waals surface area contributed by atoms with Crippen LogP contribution in [0.3, 0.4) is 0 Å². The van der Waals surface area contributed by atoms with E-state index in [2.05, 4.69) is 36.9 Å². The first-order valence-corrected chi connectivity index (χ1v) is 7.05. The van der Waals surface area contributed by atoms with E-state index >= 15 is 0 Å². The molecule has 1 aliphatic rings. The smallest absolute Gasteiger partial charge is 0.277 e. The van der Waals surface area contributed by atoms with Crippen molar-refractivity contribution in [3.8, 4) is 0 Å². The molecule has 5 heteroatoms. The Hall–Kier alpha value is -1.33. The van der Waals surface area contributed by atoms with Gasteiger partial charge in [0.25, 0.3) is 5.91 Å². The summed E-state index contributed by atoms with van der Waals surface area (Å²) < 4.78 is 0.746. The Morgan fingerprint density at radius 1 is 1.16 bits per heavy atom. The molecule has 1 aromatic rings. The van der Waals surface area contributed by atoms with Gasteiger partial charge < -0.3 is 0 Å². The number of amides is 1. The fraction of sp³-hybridized carbons (Fsp3) is 0.0714. The van der Waals surface area contributed by atoms with E-state index in [4.69, 9.17) is 0 Å². The van der Waals surface area contributed by atoms with Crippen LogP contribution >= 0.6 is 31.9 Å². The van der Waals surface area contributed by atoms with E-state index in [-0.39, 0.29) is 11.7 Å². The van der Waals surface area contributed by atoms with Gasteiger partial charge in [0.1, 0.15) is 0 Å². The van der Waals surface area contributed by atoms with Gasteiger partial charge in [-0.25, -0.2) is 4.99 Å². The molecule has 0 saturated heterocycles. The average molecular weight is 383 g/mol. The van der Waals surface area contributed by atoms with Crippen LogP contribution in [-0.2, 0) is 4.79 Å². The number of hydrogen-bond acceptors (Lipinski definition) is 2. The fourth-order valence-corrected chi connectivity index (χ4v) is 2.73. The van der Waals surface area contributed by atoms with E-state index in [1.54, 1.807) is 12.1 Å². The van der Waals surface area contributed by atoms with E-state index in [0.29, 0.717) is 20.2 Å². The number of carbonyl (C=O) groups is 2. The van der Waals surface area contributed by atoms with E-state index in [1.807, 2.05) is 19.1 Å². The largest absolute Gasteiger partial charge is 0.287 e. The molecular weight excluding hydrogens is 374 g/mol. The van der Waals surface area contributed by atoms with E-state index in [1.165, 1.54) is 12.2 Å². The van der Waals surface area contributed by atoms with Gasteiger partial charge in [-0.2, -0.15) is 0 Å². The number of hydrogen-bond donors (Lipinski definition) is 0. The highest BCUT2D eigenvalue weighted by atomic mass is 79.9. The Kier molecular flexibility index (Phi) is 4.27. The summed E-state index contributed by atoms with van der Waals surface area (Å²) in [5.74, 6) is -0.497. The first kappa shape index (κ1) is 14.1. The highest BCUT2D eigenvalue weighted by Gasteiger charge is 2.17. The van der Waals surface area contributed by atoms with Crippen LogP contribution < -0.4 is 0 Å². The van der Waals surface area contributed by atoms with Gasteiger partial charge in [0.2, 0.25) is 5.78 Å². The maximum absolute atomic E-state index is 12.0. The third-order valence-electron chi connectivity index (χ3n) is 2.48. The van der Waals surface area contributed by atoms with Crippen LogP contribution in [0.1, 0.15) is 15.9 Å². The minimum absolute atomic E-state index is 0.165. The lowest BCUT2D eigenvalue weighted by molar-refractivity contribution is -0.110. The van der Waals surface area contributed by atoms with Crippen LogP contribution in [0.25, 0.3) is 0 Å². The maximum atomic E-state index is 12.0. The molecule has 3 nitrogen and oxygen atoms in total. The fourth-order valence-electron chi connectivity index (χ4n) is 1.57. The summed E-state index contributed by atoms with van der Waals surface area (Å²) in [4.78, 5) is 27.5. The molecule has 19 heavy (non-hydrogen) atoms. The van der Waals surface area contributed by atoms with Crippen molar-refractivity contribution >= 4 is 49.3 Å². The zero-order valence-corrected chi connectivity index (χ0v) is 13.2. The molecule has 0 unspecified atom stereocenters. The van der Waals surface area contributed by atoms with Crippen LogP contribution in [0.4, 0.5) is 0 Å². The summed E-state index contributed by atoms with van der Waals surface area (Å²) in [5.41, 5.74) is 1.96. The molecule has 1 aliphatic carbocycles. The molecule has 0 aliphatic heterocycles. The molecule has 0 saturated carbocycles. The van der Waals surface area contributed by atoms with E-state index < -0.39 is 0 Å². The Morgan fingerprint density at radius 2 is 1.79 bits per heavy atom. The maximum Gasteiger partial charge on any atom is 0.277 e. The zero-order valence-electron chi connectivity index (χ0n) is 9.98. The van der Waals surface area contributed by atoms with Crippen LogP contribution in [0.2, 0.25) is 0 Å². The minimum atomic E-state index is -0.332. The van der Waals surface area contributed by atoms with Crippen molar-refractivity contribution in [2.75, 3.05) is 0 Å². The third-order valence-corrected chi connectivity index (χ3v) is 3.66. The number of Topliss-reactive ketones (excluding diaryl/α,β-unsaturated/α-hetero) is 1. The standard InChI is InChI=1S/C14H9Br2NO2/c1-8-3-2-4-9(5-8)14(19)17-10-6-11(15)13(18)12(16)7-10/h2-7H,1H3. The van der Waals surface area contributed by atoms with Gasteiger partial charge in [0, 0.05) is 5.56 Å². The summed E-state index contributed by atoms with van der Waals surface area (Å²) in [7, 11) is 0. The third kappa shape index (κ3) is 3.36. The lowest BCUT2D eigenvalue weighted by Gasteiger charge is -2.06. The van der Waals surface area contributed by atoms with Crippen molar-refractivity contribution in [3.63, 3.8) is 0 Å². The normalized spacial score (nSPS) is 14.9. The van der Waals surface area contributed by atoms with Crippen molar-refractivity contribution in [2.24, 2.45) is 4.99 Å². The number of carbonyl (C=O) groups excluding carboxylic acids is 2. The molecule has 0 bridgehead atoms. The first-order chi connectivity index (χ1) is 8.97. The molecule has 0 spiro atoms. The second-order valence-electron chi connectivity index (χ2n) is 4.02. The number of nitrogens with zero attached hydrogens (tertiary/aromatic N) is 1. The van der Waals surface area contributed by atoms with E-state index in [0.717, 1.165) is 5.56 Å². The molecular formula is C14H9Br2NO2. The van der Waals surface area contributed by atoms with Crippen molar-refractivity contribution in [1.29, 1.82) is 0 Å². The molecule has 1 amide bonds. The van der Waals surface area contributed by atoms with Gasteiger partial charge in [0.15, 0.2) is 0 Å². The predicted molar refractivity (Wildman–Crippen MR) is 82.0 cm³/mol. The highest BCUT2D eigenvalue weighted by Crippen LogP contribution is 2.22. The second-order valence-corrected chi connectivity index (χ2v) is 5.73. The predicted octanol–water partition coefficient (Wildman–Crippen LogP) is 3.72. The Bertz CT molecular complexity index is 633. The number of rotatable bonds is 1. The summed E-state index contributed by atoms with van der Waals surface area (Å²) in [6, 6.07) is 7.21. The van der Waals surface area contributed by atoms with Crippen LogP contribution in [-0.4, -0.2) is 17.4 Å². The number of benzene rings is 1. The molecule has 0 aromatic heterocycles. The molecule has 0 heterocycles. The lowest BCUT2D eigenvalue weighted by Crippen LogP contribution is -2.09. The zero-order chi connectivity index (χ0) is 14.0. The number of halogens is 2. The molecule has 0 atom stereocenters. The summed E-state index contributed by atoms with van der Waals surface area (Å²) in [5, 5.41) is 0. The number of allylic oxidation sites excluding steroid dienone is 4. The minimum Gasteiger partial charge on any atom is -0.287 e. The molecule has 96 valence electrons. The Morgan fingerprint density at radius 3 is 2.37 bits per heavy atom. The molecule has 1 aromatic carbocycles. The number of aryl methyl sites for hydroxylation is 1. The Balaban J connectivity index is 2.32.